The second-order valence-electron chi connectivity index (χ2n) is 3.59. The Morgan fingerprint density at radius 1 is 1.71 bits per heavy atom. The van der Waals surface area contributed by atoms with Crippen LogP contribution in [0.3, 0.4) is 0 Å². The second-order valence-corrected chi connectivity index (χ2v) is 3.59. The summed E-state index contributed by atoms with van der Waals surface area (Å²) >= 11 is 0. The lowest BCUT2D eigenvalue weighted by Crippen LogP contribution is -2.41. The molecule has 4 nitrogen and oxygen atoms in total. The third-order valence-electron chi connectivity index (χ3n) is 1.92. The zero-order chi connectivity index (χ0) is 11.0. The zero-order valence-corrected chi connectivity index (χ0v) is 9.01. The van der Waals surface area contributed by atoms with Crippen molar-refractivity contribution in [1.82, 2.24) is 5.32 Å². The topological polar surface area (TPSA) is 64.3 Å². The first-order valence-corrected chi connectivity index (χ1v) is 4.76. The average molecular weight is 200 g/mol. The van der Waals surface area contributed by atoms with Gasteiger partial charge < -0.3 is 15.8 Å². The van der Waals surface area contributed by atoms with Crippen molar-refractivity contribution >= 4 is 5.91 Å². The molecule has 82 valence electrons. The molecule has 0 saturated carbocycles. The van der Waals surface area contributed by atoms with Crippen molar-refractivity contribution in [2.45, 2.75) is 25.8 Å². The molecule has 0 fully saturated rings. The summed E-state index contributed by atoms with van der Waals surface area (Å²) in [6, 6.07) is 0. The van der Waals surface area contributed by atoms with Crippen LogP contribution in [-0.4, -0.2) is 31.2 Å². The smallest absolute Gasteiger partial charge is 0.246 e. The molecule has 0 aromatic carbocycles. The standard InChI is InChI=1S/C10H20N2O2/c1-4-6-12-9(13)7-14-8-10(3,11)5-2/h4H,1,5-8,11H2,2-3H3,(H,12,13). The molecule has 0 aliphatic heterocycles. The molecule has 0 aliphatic carbocycles. The first-order chi connectivity index (χ1) is 6.52. The number of nitrogens with one attached hydrogen (secondary N) is 1. The summed E-state index contributed by atoms with van der Waals surface area (Å²) < 4.78 is 5.18. The lowest BCUT2D eigenvalue weighted by molar-refractivity contribution is -0.126. The van der Waals surface area contributed by atoms with Crippen LogP contribution in [0.15, 0.2) is 12.7 Å². The van der Waals surface area contributed by atoms with Crippen LogP contribution < -0.4 is 11.1 Å². The van der Waals surface area contributed by atoms with Gasteiger partial charge >= 0.3 is 0 Å². The Morgan fingerprint density at radius 3 is 2.86 bits per heavy atom. The van der Waals surface area contributed by atoms with Crippen LogP contribution in [0, 0.1) is 0 Å². The first kappa shape index (κ1) is 13.1. The van der Waals surface area contributed by atoms with Crippen molar-refractivity contribution in [2.75, 3.05) is 19.8 Å². The van der Waals surface area contributed by atoms with Crippen LogP contribution in [0.5, 0.6) is 0 Å². The van der Waals surface area contributed by atoms with Gasteiger partial charge in [-0.15, -0.1) is 6.58 Å². The van der Waals surface area contributed by atoms with E-state index >= 15 is 0 Å². The van der Waals surface area contributed by atoms with Gasteiger partial charge in [-0.25, -0.2) is 0 Å². The summed E-state index contributed by atoms with van der Waals surface area (Å²) in [7, 11) is 0. The van der Waals surface area contributed by atoms with Gasteiger partial charge in [0.25, 0.3) is 0 Å². The number of ether oxygens (including phenoxy) is 1. The highest BCUT2D eigenvalue weighted by molar-refractivity contribution is 5.77. The maximum absolute atomic E-state index is 11.1. The third kappa shape index (κ3) is 6.62. The monoisotopic (exact) mass is 200 g/mol. The molecule has 0 aromatic heterocycles. The second kappa shape index (κ2) is 6.56. The number of rotatable bonds is 7. The minimum atomic E-state index is -0.348. The van der Waals surface area contributed by atoms with Gasteiger partial charge in [0.15, 0.2) is 0 Å². The summed E-state index contributed by atoms with van der Waals surface area (Å²) in [5, 5.41) is 2.61. The Labute approximate surface area is 85.5 Å². The van der Waals surface area contributed by atoms with Gasteiger partial charge in [-0.1, -0.05) is 13.0 Å². The summed E-state index contributed by atoms with van der Waals surface area (Å²) in [4.78, 5) is 11.1. The number of carbonyl (C=O) groups is 1. The van der Waals surface area contributed by atoms with Crippen LogP contribution in [-0.2, 0) is 9.53 Å². The van der Waals surface area contributed by atoms with Gasteiger partial charge in [0.05, 0.1) is 6.61 Å². The fourth-order valence-electron chi connectivity index (χ4n) is 0.716. The number of carbonyl (C=O) groups excluding carboxylic acids is 1. The van der Waals surface area contributed by atoms with Gasteiger partial charge in [0, 0.05) is 12.1 Å². The van der Waals surface area contributed by atoms with E-state index in [1.165, 1.54) is 0 Å². The minimum Gasteiger partial charge on any atom is -0.370 e. The minimum absolute atomic E-state index is 0.0562. The van der Waals surface area contributed by atoms with Gasteiger partial charge in [0.2, 0.25) is 5.91 Å². The molecule has 1 unspecified atom stereocenters. The highest BCUT2D eigenvalue weighted by Gasteiger charge is 2.15. The molecule has 1 atom stereocenters. The SMILES string of the molecule is C=CCNC(=O)COCC(C)(N)CC. The van der Waals surface area contributed by atoms with Crippen molar-refractivity contribution < 1.29 is 9.53 Å². The summed E-state index contributed by atoms with van der Waals surface area (Å²) in [5.74, 6) is -0.142. The molecule has 14 heavy (non-hydrogen) atoms. The van der Waals surface area contributed by atoms with E-state index in [-0.39, 0.29) is 18.1 Å². The van der Waals surface area contributed by atoms with Gasteiger partial charge in [-0.05, 0) is 13.3 Å². The van der Waals surface area contributed by atoms with Crippen molar-refractivity contribution in [2.24, 2.45) is 5.73 Å². The number of nitrogens with two attached hydrogens (primary N) is 1. The van der Waals surface area contributed by atoms with E-state index in [2.05, 4.69) is 11.9 Å². The molecule has 1 amide bonds. The van der Waals surface area contributed by atoms with E-state index in [0.717, 1.165) is 6.42 Å². The quantitative estimate of drug-likeness (QED) is 0.586. The van der Waals surface area contributed by atoms with Crippen LogP contribution in [0.4, 0.5) is 0 Å². The largest absolute Gasteiger partial charge is 0.370 e. The average Bonchev–Trinajstić information content (AvgIpc) is 2.14. The van der Waals surface area contributed by atoms with Gasteiger partial charge in [-0.3, -0.25) is 4.79 Å². The van der Waals surface area contributed by atoms with E-state index in [0.29, 0.717) is 13.2 Å². The summed E-state index contributed by atoms with van der Waals surface area (Å²) in [5.41, 5.74) is 5.48. The maximum Gasteiger partial charge on any atom is 0.246 e. The molecule has 0 aromatic rings. The van der Waals surface area contributed by atoms with Crippen molar-refractivity contribution in [1.29, 1.82) is 0 Å². The Kier molecular flexibility index (Phi) is 6.16. The fourth-order valence-corrected chi connectivity index (χ4v) is 0.716. The molecular formula is C10H20N2O2. The van der Waals surface area contributed by atoms with E-state index in [4.69, 9.17) is 10.5 Å². The van der Waals surface area contributed by atoms with E-state index in [9.17, 15) is 4.79 Å². The van der Waals surface area contributed by atoms with Crippen LogP contribution in [0.2, 0.25) is 0 Å². The molecular weight excluding hydrogens is 180 g/mol. The highest BCUT2D eigenvalue weighted by Crippen LogP contribution is 2.04. The molecule has 4 heteroatoms. The Morgan fingerprint density at radius 2 is 2.36 bits per heavy atom. The van der Waals surface area contributed by atoms with Gasteiger partial charge in [0.1, 0.15) is 6.61 Å². The van der Waals surface area contributed by atoms with Crippen LogP contribution in [0.25, 0.3) is 0 Å². The van der Waals surface area contributed by atoms with Gasteiger partial charge in [-0.2, -0.15) is 0 Å². The van der Waals surface area contributed by atoms with E-state index < -0.39 is 0 Å². The third-order valence-corrected chi connectivity index (χ3v) is 1.92. The summed E-state index contributed by atoms with van der Waals surface area (Å²) in [6.45, 7) is 8.29. The Bertz CT molecular complexity index is 191. The van der Waals surface area contributed by atoms with Crippen molar-refractivity contribution in [3.05, 3.63) is 12.7 Å². The van der Waals surface area contributed by atoms with E-state index in [1.807, 2.05) is 13.8 Å². The number of hydrogen-bond acceptors (Lipinski definition) is 3. The zero-order valence-electron chi connectivity index (χ0n) is 9.01. The number of hydrogen-bond donors (Lipinski definition) is 2. The van der Waals surface area contributed by atoms with Crippen LogP contribution in [0.1, 0.15) is 20.3 Å². The first-order valence-electron chi connectivity index (χ1n) is 4.76. The fraction of sp³-hybridized carbons (Fsp3) is 0.700. The molecule has 3 N–H and O–H groups in total. The number of amides is 1. The van der Waals surface area contributed by atoms with Crippen LogP contribution >= 0.6 is 0 Å². The summed E-state index contributed by atoms with van der Waals surface area (Å²) in [6.07, 6.45) is 2.44. The lowest BCUT2D eigenvalue weighted by atomic mass is 10.0. The molecule has 0 heterocycles. The van der Waals surface area contributed by atoms with Crippen molar-refractivity contribution in [3.8, 4) is 0 Å². The molecule has 0 rings (SSSR count). The Hall–Kier alpha value is -0.870. The lowest BCUT2D eigenvalue weighted by Gasteiger charge is -2.21. The predicted octanol–water partition coefficient (Wildman–Crippen LogP) is 0.433. The predicted molar refractivity (Wildman–Crippen MR) is 56.9 cm³/mol. The highest BCUT2D eigenvalue weighted by atomic mass is 16.5. The molecule has 0 bridgehead atoms. The normalized spacial score (nSPS) is 14.5. The molecule has 0 radical (unpaired) electrons. The van der Waals surface area contributed by atoms with Crippen molar-refractivity contribution in [3.63, 3.8) is 0 Å². The van der Waals surface area contributed by atoms with E-state index in [1.54, 1.807) is 6.08 Å². The molecule has 0 spiro atoms. The molecule has 0 saturated heterocycles. The molecule has 0 aliphatic rings. The Balaban J connectivity index is 3.53. The maximum atomic E-state index is 11.1.